The molecule has 0 bridgehead atoms. The van der Waals surface area contributed by atoms with Crippen LogP contribution in [0.2, 0.25) is 0 Å². The monoisotopic (exact) mass is 363 g/mol. The number of hydrogen-bond acceptors (Lipinski definition) is 3. The number of likely N-dealkylation sites (tertiary alicyclic amines) is 1. The van der Waals surface area contributed by atoms with Gasteiger partial charge in [-0.2, -0.15) is 0 Å². The summed E-state index contributed by atoms with van der Waals surface area (Å²) >= 11 is 0. The second kappa shape index (κ2) is 7.91. The maximum atomic E-state index is 13.4. The van der Waals surface area contributed by atoms with Gasteiger partial charge in [-0.1, -0.05) is 18.9 Å². The Morgan fingerprint density at radius 1 is 1.00 bits per heavy atom. The number of pyridine rings is 1. The predicted octanol–water partition coefficient (Wildman–Crippen LogP) is 3.97. The van der Waals surface area contributed by atoms with Crippen LogP contribution in [0.4, 0.5) is 5.69 Å². The van der Waals surface area contributed by atoms with E-state index in [0.717, 1.165) is 56.4 Å². The van der Waals surface area contributed by atoms with Crippen LogP contribution in [-0.4, -0.2) is 34.8 Å². The van der Waals surface area contributed by atoms with Gasteiger partial charge in [0.2, 0.25) is 5.91 Å². The fraction of sp³-hybridized carbons (Fsp3) is 0.409. The zero-order chi connectivity index (χ0) is 18.6. The molecule has 1 unspecified atom stereocenters. The van der Waals surface area contributed by atoms with Gasteiger partial charge in [-0.05, 0) is 55.2 Å². The van der Waals surface area contributed by atoms with Crippen molar-refractivity contribution in [3.8, 4) is 0 Å². The number of amides is 2. The van der Waals surface area contributed by atoms with Crippen molar-refractivity contribution in [1.82, 2.24) is 9.88 Å². The van der Waals surface area contributed by atoms with Crippen molar-refractivity contribution in [2.24, 2.45) is 0 Å². The van der Waals surface area contributed by atoms with Gasteiger partial charge in [-0.25, -0.2) is 0 Å². The highest BCUT2D eigenvalue weighted by molar-refractivity contribution is 5.99. The van der Waals surface area contributed by atoms with Crippen molar-refractivity contribution >= 4 is 17.5 Å². The third-order valence-electron chi connectivity index (χ3n) is 5.58. The lowest BCUT2D eigenvalue weighted by atomic mass is 10.0. The summed E-state index contributed by atoms with van der Waals surface area (Å²) in [5.74, 6) is 0.191. The molecule has 2 aromatic rings. The molecule has 1 aromatic heterocycles. The summed E-state index contributed by atoms with van der Waals surface area (Å²) < 4.78 is 0. The van der Waals surface area contributed by atoms with Gasteiger partial charge in [-0.3, -0.25) is 14.6 Å². The number of carbonyl (C=O) groups excluding carboxylic acids is 2. The van der Waals surface area contributed by atoms with Crippen molar-refractivity contribution in [2.75, 3.05) is 18.0 Å². The second-order valence-corrected chi connectivity index (χ2v) is 7.34. The van der Waals surface area contributed by atoms with Crippen molar-refractivity contribution in [2.45, 2.75) is 44.6 Å². The summed E-state index contributed by atoms with van der Waals surface area (Å²) in [6, 6.07) is 11.6. The summed E-state index contributed by atoms with van der Waals surface area (Å²) in [5, 5.41) is 0. The Kier molecular flexibility index (Phi) is 5.19. The summed E-state index contributed by atoms with van der Waals surface area (Å²) in [4.78, 5) is 33.4. The van der Waals surface area contributed by atoms with Gasteiger partial charge in [0.1, 0.15) is 0 Å². The lowest BCUT2D eigenvalue weighted by Gasteiger charge is -2.31. The zero-order valence-electron chi connectivity index (χ0n) is 15.5. The molecule has 3 heterocycles. The summed E-state index contributed by atoms with van der Waals surface area (Å²) in [7, 11) is 0. The first-order chi connectivity index (χ1) is 13.2. The number of hydrogen-bond donors (Lipinski definition) is 0. The molecule has 4 rings (SSSR count). The molecule has 1 atom stereocenters. The first-order valence-corrected chi connectivity index (χ1v) is 9.85. The van der Waals surface area contributed by atoms with Crippen molar-refractivity contribution < 1.29 is 9.59 Å². The van der Waals surface area contributed by atoms with Gasteiger partial charge in [0.15, 0.2) is 0 Å². The first kappa shape index (κ1) is 17.7. The van der Waals surface area contributed by atoms with Crippen LogP contribution in [0.15, 0.2) is 48.8 Å². The Hall–Kier alpha value is -2.69. The predicted molar refractivity (Wildman–Crippen MR) is 105 cm³/mol. The molecule has 2 fully saturated rings. The minimum Gasteiger partial charge on any atom is -0.332 e. The van der Waals surface area contributed by atoms with Crippen molar-refractivity contribution in [1.29, 1.82) is 0 Å². The Balaban J connectivity index is 1.62. The quantitative estimate of drug-likeness (QED) is 0.829. The highest BCUT2D eigenvalue weighted by atomic mass is 16.2. The Morgan fingerprint density at radius 2 is 1.85 bits per heavy atom. The lowest BCUT2D eigenvalue weighted by molar-refractivity contribution is -0.117. The molecule has 0 aliphatic carbocycles. The van der Waals surface area contributed by atoms with Gasteiger partial charge >= 0.3 is 0 Å². The van der Waals surface area contributed by atoms with Gasteiger partial charge < -0.3 is 9.80 Å². The van der Waals surface area contributed by atoms with E-state index in [-0.39, 0.29) is 17.9 Å². The molecule has 1 aromatic carbocycles. The largest absolute Gasteiger partial charge is 0.332 e. The first-order valence-electron chi connectivity index (χ1n) is 9.85. The van der Waals surface area contributed by atoms with Crippen LogP contribution in [0.5, 0.6) is 0 Å². The molecule has 0 N–H and O–H groups in total. The third-order valence-corrected chi connectivity index (χ3v) is 5.58. The molecule has 0 saturated carbocycles. The Labute approximate surface area is 160 Å². The van der Waals surface area contributed by atoms with Gasteiger partial charge in [0.25, 0.3) is 5.91 Å². The second-order valence-electron chi connectivity index (χ2n) is 7.34. The zero-order valence-corrected chi connectivity index (χ0v) is 15.5. The molecular weight excluding hydrogens is 338 g/mol. The van der Waals surface area contributed by atoms with E-state index in [9.17, 15) is 9.59 Å². The van der Waals surface area contributed by atoms with Crippen molar-refractivity contribution in [3.63, 3.8) is 0 Å². The molecule has 0 radical (unpaired) electrons. The molecule has 140 valence electrons. The number of benzene rings is 1. The van der Waals surface area contributed by atoms with Crippen LogP contribution in [0.3, 0.4) is 0 Å². The molecule has 5 heteroatoms. The Bertz CT molecular complexity index is 821. The summed E-state index contributed by atoms with van der Waals surface area (Å²) in [6.45, 7) is 1.50. The fourth-order valence-electron chi connectivity index (χ4n) is 4.18. The maximum absolute atomic E-state index is 13.4. The van der Waals surface area contributed by atoms with E-state index < -0.39 is 0 Å². The molecule has 5 nitrogen and oxygen atoms in total. The van der Waals surface area contributed by atoms with Crippen LogP contribution >= 0.6 is 0 Å². The molecule has 27 heavy (non-hydrogen) atoms. The maximum Gasteiger partial charge on any atom is 0.254 e. The number of rotatable bonds is 3. The summed E-state index contributed by atoms with van der Waals surface area (Å²) in [5.41, 5.74) is 2.64. The average molecular weight is 363 g/mol. The molecule has 2 saturated heterocycles. The lowest BCUT2D eigenvalue weighted by Crippen LogP contribution is -2.35. The normalized spacial score (nSPS) is 20.6. The number of carbonyl (C=O) groups is 2. The van der Waals surface area contributed by atoms with E-state index in [1.807, 2.05) is 41.3 Å². The van der Waals surface area contributed by atoms with Crippen LogP contribution < -0.4 is 4.90 Å². The molecule has 2 aliphatic rings. The summed E-state index contributed by atoms with van der Waals surface area (Å²) in [6.07, 6.45) is 9.33. The van der Waals surface area contributed by atoms with E-state index in [1.54, 1.807) is 17.3 Å². The van der Waals surface area contributed by atoms with Gasteiger partial charge in [0, 0.05) is 43.2 Å². The van der Waals surface area contributed by atoms with Crippen LogP contribution in [0.1, 0.15) is 60.5 Å². The van der Waals surface area contributed by atoms with E-state index in [0.29, 0.717) is 12.0 Å². The fourth-order valence-corrected chi connectivity index (χ4v) is 4.18. The van der Waals surface area contributed by atoms with Gasteiger partial charge in [-0.15, -0.1) is 0 Å². The topological polar surface area (TPSA) is 53.5 Å². The molecular formula is C22H25N3O2. The third kappa shape index (κ3) is 3.72. The van der Waals surface area contributed by atoms with Crippen LogP contribution in [-0.2, 0) is 4.79 Å². The molecule has 2 aliphatic heterocycles. The molecule has 0 spiro atoms. The SMILES string of the molecule is O=C1CCCN1c1cccc(C(=O)N2CCCCCC2c2ccncc2)c1. The highest BCUT2D eigenvalue weighted by Gasteiger charge is 2.28. The smallest absolute Gasteiger partial charge is 0.254 e. The van der Waals surface area contributed by atoms with Crippen LogP contribution in [0, 0.1) is 0 Å². The van der Waals surface area contributed by atoms with Gasteiger partial charge in [0.05, 0.1) is 6.04 Å². The van der Waals surface area contributed by atoms with E-state index in [1.165, 1.54) is 0 Å². The average Bonchev–Trinajstić information content (AvgIpc) is 3.00. The Morgan fingerprint density at radius 3 is 2.63 bits per heavy atom. The number of aromatic nitrogens is 1. The van der Waals surface area contributed by atoms with Crippen molar-refractivity contribution in [3.05, 3.63) is 59.9 Å². The molecule has 2 amide bonds. The number of anilines is 1. The van der Waals surface area contributed by atoms with Crippen LogP contribution in [0.25, 0.3) is 0 Å². The standard InChI is InChI=1S/C22H25N3O2/c26-21-9-5-15-24(21)19-7-4-6-18(16-19)22(27)25-14-3-1-2-8-20(25)17-10-12-23-13-11-17/h4,6-7,10-13,16,20H,1-3,5,8-9,14-15H2. The minimum absolute atomic E-state index is 0.0483. The van der Waals surface area contributed by atoms with E-state index in [4.69, 9.17) is 0 Å². The van der Waals surface area contributed by atoms with E-state index in [2.05, 4.69) is 4.98 Å². The number of nitrogens with zero attached hydrogens (tertiary/aromatic N) is 3. The minimum atomic E-state index is 0.0483. The highest BCUT2D eigenvalue weighted by Crippen LogP contribution is 2.32. The van der Waals surface area contributed by atoms with E-state index >= 15 is 0 Å².